The number of methoxy groups -OCH3 is 6. The highest BCUT2D eigenvalue weighted by atomic mass is 79.9. The third-order valence-corrected chi connectivity index (χ3v) is 21.4. The van der Waals surface area contributed by atoms with Gasteiger partial charge >= 0.3 is 11.9 Å². The highest BCUT2D eigenvalue weighted by molar-refractivity contribution is 9.09. The maximum atomic E-state index is 12.0. The average molecular weight is 2000 g/mol. The van der Waals surface area contributed by atoms with Crippen LogP contribution in [-0.4, -0.2) is 173 Å². The molecule has 10 aromatic heterocycles. The van der Waals surface area contributed by atoms with E-state index in [0.717, 1.165) is 61.7 Å². The number of aliphatic hydroxyl groups excluding tert-OH is 1. The van der Waals surface area contributed by atoms with Crippen molar-refractivity contribution >= 4 is 96.8 Å². The molecular weight excluding hydrogens is 1890 g/mol. The molecule has 0 saturated heterocycles. The van der Waals surface area contributed by atoms with Gasteiger partial charge in [0.25, 0.3) is 0 Å². The van der Waals surface area contributed by atoms with Crippen LogP contribution in [0.15, 0.2) is 309 Å². The van der Waals surface area contributed by atoms with Crippen molar-refractivity contribution in [3.05, 3.63) is 372 Å². The van der Waals surface area contributed by atoms with E-state index in [1.165, 1.54) is 111 Å². The van der Waals surface area contributed by atoms with Crippen molar-refractivity contribution in [3.8, 4) is 62.2 Å². The molecule has 712 valence electrons. The number of ether oxygens (including phenoxy) is 6. The highest BCUT2D eigenvalue weighted by Gasteiger charge is 2.30. The third-order valence-electron chi connectivity index (χ3n) is 20.1. The summed E-state index contributed by atoms with van der Waals surface area (Å²) in [5, 5.41) is 14.6. The molecule has 0 aliphatic rings. The molecule has 0 fully saturated rings. The number of nitrogens with two attached hydrogens (primary N) is 1. The van der Waals surface area contributed by atoms with Gasteiger partial charge in [0.05, 0.1) is 55.6 Å². The second-order valence-corrected chi connectivity index (χ2v) is 31.2. The molecule has 28 nitrogen and oxygen atoms in total. The monoisotopic (exact) mass is 2000 g/mol. The first-order valence-electron chi connectivity index (χ1n) is 42.9. The summed E-state index contributed by atoms with van der Waals surface area (Å²) in [5.41, 5.74) is 28.6. The summed E-state index contributed by atoms with van der Waals surface area (Å²) in [5.74, 6) is -1.83. The number of thiol groups is 1. The number of hydrogen-bond donors (Lipinski definition) is 3. The highest BCUT2D eigenvalue weighted by Crippen LogP contribution is 2.33. The number of alkyl halides is 2. The number of halogens is 2. The maximum absolute atomic E-state index is 12.0. The van der Waals surface area contributed by atoms with E-state index < -0.39 is 23.6 Å². The van der Waals surface area contributed by atoms with Crippen LogP contribution >= 0.6 is 44.5 Å². The molecule has 15 aromatic rings. The predicted molar refractivity (Wildman–Crippen MR) is 539 cm³/mol. The Balaban J connectivity index is 0.000000213. The summed E-state index contributed by atoms with van der Waals surface area (Å²) in [4.78, 5) is 118. The smallest absolute Gasteiger partial charge is 0.316 e. The number of hydrogen-bond acceptors (Lipinski definition) is 26. The van der Waals surface area contributed by atoms with Crippen molar-refractivity contribution in [1.82, 2.24) is 53.7 Å². The van der Waals surface area contributed by atoms with Crippen LogP contribution in [0.5, 0.6) is 0 Å². The summed E-state index contributed by atoms with van der Waals surface area (Å²) in [6, 6.07) is 75.2. The van der Waals surface area contributed by atoms with E-state index in [1.807, 2.05) is 148 Å². The lowest BCUT2D eigenvalue weighted by Crippen LogP contribution is -2.30. The number of carbonyl (C=O) groups is 8. The van der Waals surface area contributed by atoms with E-state index in [0.29, 0.717) is 46.1 Å². The van der Waals surface area contributed by atoms with Gasteiger partial charge in [-0.25, -0.2) is 0 Å². The molecule has 0 aliphatic heterocycles. The minimum absolute atomic E-state index is 0.0133. The number of nitrogens with zero attached hydrogens (tertiary/aromatic N) is 11. The lowest BCUT2D eigenvalue weighted by atomic mass is 9.95. The lowest BCUT2D eigenvalue weighted by molar-refractivity contribution is -0.150. The van der Waals surface area contributed by atoms with Crippen LogP contribution in [0.4, 0.5) is 5.69 Å². The number of benzene rings is 5. The second-order valence-electron chi connectivity index (χ2n) is 29.8. The number of nitrogen functional groups attached to an aromatic ring is 1. The zero-order chi connectivity index (χ0) is 99.2. The zero-order valence-corrected chi connectivity index (χ0v) is 82.3. The number of aryl methyl sites for hydroxylation is 5. The van der Waals surface area contributed by atoms with Gasteiger partial charge in [-0.1, -0.05) is 140 Å². The first-order chi connectivity index (χ1) is 66.4. The molecule has 5 aromatic carbocycles. The van der Waals surface area contributed by atoms with Crippen LogP contribution in [0.2, 0.25) is 0 Å². The number of aromatic nitrogens is 11. The van der Waals surface area contributed by atoms with E-state index >= 15 is 0 Å². The lowest BCUT2D eigenvalue weighted by Gasteiger charge is -2.15. The second kappa shape index (κ2) is 61.0. The summed E-state index contributed by atoms with van der Waals surface area (Å²) in [6.07, 6.45) is 20.2. The number of ketones is 6. The third kappa shape index (κ3) is 35.9. The number of pyridine rings is 6. The van der Waals surface area contributed by atoms with Gasteiger partial charge in [-0.15, -0.1) is 0 Å². The number of carbonyl (C=O) groups excluding carboxylic acids is 8. The minimum Gasteiger partial charge on any atom is -0.469 e. The fourth-order valence-electron chi connectivity index (χ4n) is 13.0. The molecule has 1 unspecified atom stereocenters. The largest absolute Gasteiger partial charge is 0.469 e. The number of anilines is 1. The van der Waals surface area contributed by atoms with Crippen molar-refractivity contribution in [2.45, 2.75) is 84.6 Å². The Bertz CT molecular complexity index is 6070. The molecule has 0 bridgehead atoms. The molecular formula is C106H112Br2N12O16S. The molecule has 3 N–H and O–H groups in total. The predicted octanol–water partition coefficient (Wildman–Crippen LogP) is 19.5. The first kappa shape index (κ1) is 110. The summed E-state index contributed by atoms with van der Waals surface area (Å²) in [7, 11) is 8.34. The summed E-state index contributed by atoms with van der Waals surface area (Å²) < 4.78 is 39.6. The molecule has 0 saturated carbocycles. The van der Waals surface area contributed by atoms with Crippen LogP contribution in [-0.2, 0) is 76.7 Å². The fourth-order valence-corrected chi connectivity index (χ4v) is 13.9. The quantitative estimate of drug-likeness (QED) is 0.00907. The SMILES string of the molecule is COCC(=O)C(CC(=O)c1ccncc1)C(=O)OC.COCC(=O)CC(=O)OC.COCC(=O)CCC(=O)c1ccncc1.COCc1ccc(-c2ccncc2)n1-c1ccccc1C.Cc1ccc(-c2noc(CS)n2)cc1.Cc1ccccc1-n1c(CBr)ccc1-c1ccncc1.Cc1ccccc1-n1c(CO)ccc1-c1ccncc1.Cc1ccccc1N.O=C(CBr)c1ccncc1. The topological polar surface area (TPSA) is 369 Å². The Morgan fingerprint density at radius 3 is 1.19 bits per heavy atom. The Kier molecular flexibility index (Phi) is 48.9. The Morgan fingerprint density at radius 2 is 0.810 bits per heavy atom. The normalized spacial score (nSPS) is 10.4. The van der Waals surface area contributed by atoms with E-state index in [1.54, 1.807) is 68.6 Å². The number of Topliss-reactive ketones (excluding diaryl/α,β-unsaturated/α-hetero) is 6. The molecule has 0 aliphatic carbocycles. The molecule has 31 heteroatoms. The van der Waals surface area contributed by atoms with Crippen LogP contribution in [0.3, 0.4) is 0 Å². The van der Waals surface area contributed by atoms with Gasteiger partial charge in [-0.3, -0.25) is 68.3 Å². The number of rotatable bonds is 31. The zero-order valence-electron chi connectivity index (χ0n) is 78.2. The van der Waals surface area contributed by atoms with E-state index in [-0.39, 0.29) is 81.0 Å². The van der Waals surface area contributed by atoms with E-state index in [9.17, 15) is 43.5 Å². The number of para-hydroxylation sites is 4. The standard InChI is InChI=1S/C18H18N2O.C17H15BrN2.C17H16N2O.C13H15NO5.C11H13NO3.C10H10N2OS.C7H6BrNO.C7H9N.C6H10O4/c1-14-5-3-4-6-17(14)20-16(13-21-2)7-8-18(20)15-9-11-19-12-10-15;1-13-4-2-3-5-16(13)20-15(12-18)6-7-17(20)14-8-10-19-11-9-14;1-13-4-2-3-5-16(13)19-15(12-20)6-7-17(19)14-8-10-18-11-9-14;1-18-8-12(16)10(13(17)19-2)7-11(15)9-3-5-14-6-4-9;1-15-8-10(13)2-3-11(14)9-4-6-12-7-5-9;1-7-2-4-8(5-3-7)10-11-9(6-14)13-12-10;8-5-7(10)6-1-3-9-4-2-6;1-6-4-2-3-5-7(6)8;1-9-4-5(7)3-6(8)10-2/h3-12H,13H2,1-2H3;2-11H,12H2,1H3;2-11,20H,12H2,1H3;3-6,10H,7-8H2,1-2H3;4-7H,2-3,8H2,1H3;2-5,14H,6H2,1H3;1-4H,5H2;2-5H,8H2,1H3;3-4H2,1-2H3. The molecule has 0 amide bonds. The van der Waals surface area contributed by atoms with Crippen molar-refractivity contribution in [2.24, 2.45) is 5.92 Å². The van der Waals surface area contributed by atoms with E-state index in [4.69, 9.17) is 15.0 Å². The van der Waals surface area contributed by atoms with Gasteiger partial charge in [-0.2, -0.15) is 17.6 Å². The van der Waals surface area contributed by atoms with Crippen LogP contribution in [0, 0.1) is 40.5 Å². The van der Waals surface area contributed by atoms with Crippen molar-refractivity contribution in [3.63, 3.8) is 0 Å². The van der Waals surface area contributed by atoms with Crippen LogP contribution in [0.25, 0.3) is 62.2 Å². The van der Waals surface area contributed by atoms with Crippen LogP contribution in [0.1, 0.15) is 108 Å². The minimum atomic E-state index is -1.13. The number of esters is 2. The van der Waals surface area contributed by atoms with Crippen LogP contribution < -0.4 is 5.73 Å². The maximum Gasteiger partial charge on any atom is 0.316 e. The number of aliphatic hydroxyl groups is 1. The van der Waals surface area contributed by atoms with Gasteiger partial charge in [0.1, 0.15) is 32.2 Å². The molecule has 10 heterocycles. The van der Waals surface area contributed by atoms with Crippen molar-refractivity contribution in [1.29, 1.82) is 0 Å². The molecule has 0 radical (unpaired) electrons. The molecule has 0 spiro atoms. The van der Waals surface area contributed by atoms with E-state index in [2.05, 4.69) is 228 Å². The fraction of sp³-hybridized carbons (Fsp3) is 0.226. The Morgan fingerprint density at radius 1 is 0.416 bits per heavy atom. The Hall–Kier alpha value is -14.2. The van der Waals surface area contributed by atoms with Gasteiger partial charge in [0, 0.05) is 206 Å². The average Bonchev–Trinajstić information content (AvgIpc) is 1.64. The van der Waals surface area contributed by atoms with Crippen molar-refractivity contribution < 1.29 is 76.4 Å². The molecule has 15 rings (SSSR count). The summed E-state index contributed by atoms with van der Waals surface area (Å²) in [6.45, 7) is 10.8. The van der Waals surface area contributed by atoms with Crippen molar-refractivity contribution in [2.75, 3.05) is 73.5 Å². The van der Waals surface area contributed by atoms with Gasteiger partial charge < -0.3 is 57.5 Å². The molecule has 1 atom stereocenters. The summed E-state index contributed by atoms with van der Waals surface area (Å²) >= 11 is 10.7. The van der Waals surface area contributed by atoms with Gasteiger partial charge in [0.2, 0.25) is 11.7 Å². The first-order valence-corrected chi connectivity index (χ1v) is 45.8. The Labute approximate surface area is 820 Å². The van der Waals surface area contributed by atoms with Gasteiger partial charge in [0.15, 0.2) is 34.7 Å². The van der Waals surface area contributed by atoms with Gasteiger partial charge in [-0.05, 0) is 190 Å². The molecule has 137 heavy (non-hydrogen) atoms.